The Kier molecular flexibility index (Phi) is 4.69. The first-order chi connectivity index (χ1) is 13.3. The average molecular weight is 385 g/mol. The maximum atomic E-state index is 12.5. The fourth-order valence-corrected chi connectivity index (χ4v) is 4.15. The summed E-state index contributed by atoms with van der Waals surface area (Å²) in [5, 5.41) is 0. The lowest BCUT2D eigenvalue weighted by Crippen LogP contribution is -2.27. The number of alkyl halides is 3. The van der Waals surface area contributed by atoms with Gasteiger partial charge in [-0.25, -0.2) is 0 Å². The summed E-state index contributed by atoms with van der Waals surface area (Å²) in [4.78, 5) is 2.21. The van der Waals surface area contributed by atoms with Crippen LogP contribution >= 0.6 is 0 Å². The standard InChI is InChI=1S/C23H22F3NO/c1-15-11-21-20(17-7-9-19(10-8-17)28-23(24,25)26)12-18(16-5-3-4-6-16)13-22(21)27(2)14-15/h3-4,7-10,12-13,16H,1,5-6,11,14H2,2H3. The van der Waals surface area contributed by atoms with Crippen LogP contribution in [0.5, 0.6) is 5.75 Å². The van der Waals surface area contributed by atoms with Crippen LogP contribution in [0.15, 0.2) is 60.7 Å². The molecule has 0 N–H and O–H groups in total. The zero-order valence-electron chi connectivity index (χ0n) is 15.7. The monoisotopic (exact) mass is 385 g/mol. The summed E-state index contributed by atoms with van der Waals surface area (Å²) in [6, 6.07) is 10.6. The van der Waals surface area contributed by atoms with Crippen molar-refractivity contribution in [3.05, 3.63) is 71.8 Å². The molecule has 0 spiro atoms. The topological polar surface area (TPSA) is 12.5 Å². The predicted octanol–water partition coefficient (Wildman–Crippen LogP) is 6.23. The molecular formula is C23H22F3NO. The van der Waals surface area contributed by atoms with Gasteiger partial charge in [0.15, 0.2) is 0 Å². The number of nitrogens with zero attached hydrogens (tertiary/aromatic N) is 1. The molecule has 0 atom stereocenters. The van der Waals surface area contributed by atoms with E-state index in [0.717, 1.165) is 42.5 Å². The number of anilines is 1. The van der Waals surface area contributed by atoms with Gasteiger partial charge in [0.25, 0.3) is 0 Å². The molecule has 0 saturated carbocycles. The van der Waals surface area contributed by atoms with Crippen LogP contribution in [0, 0.1) is 0 Å². The first-order valence-corrected chi connectivity index (χ1v) is 9.36. The van der Waals surface area contributed by atoms with Crippen molar-refractivity contribution in [3.8, 4) is 16.9 Å². The van der Waals surface area contributed by atoms with E-state index >= 15 is 0 Å². The molecule has 1 aliphatic heterocycles. The summed E-state index contributed by atoms with van der Waals surface area (Å²) < 4.78 is 41.4. The minimum Gasteiger partial charge on any atom is -0.406 e. The Balaban J connectivity index is 1.77. The first-order valence-electron chi connectivity index (χ1n) is 9.36. The van der Waals surface area contributed by atoms with Crippen LogP contribution in [-0.4, -0.2) is 20.0 Å². The second kappa shape index (κ2) is 7.04. The quantitative estimate of drug-likeness (QED) is 0.581. The summed E-state index contributed by atoms with van der Waals surface area (Å²) in [6.07, 6.45) is 2.55. The summed E-state index contributed by atoms with van der Waals surface area (Å²) in [5.74, 6) is 0.248. The van der Waals surface area contributed by atoms with Crippen LogP contribution in [0.25, 0.3) is 11.1 Å². The highest BCUT2D eigenvalue weighted by molar-refractivity contribution is 5.78. The zero-order chi connectivity index (χ0) is 19.9. The van der Waals surface area contributed by atoms with E-state index in [0.29, 0.717) is 5.92 Å². The summed E-state index contributed by atoms with van der Waals surface area (Å²) in [6.45, 7) is 4.97. The Bertz CT molecular complexity index is 920. The molecule has 2 aromatic carbocycles. The molecule has 0 saturated heterocycles. The molecule has 0 radical (unpaired) electrons. The highest BCUT2D eigenvalue weighted by atomic mass is 19.4. The zero-order valence-corrected chi connectivity index (χ0v) is 15.7. The van der Waals surface area contributed by atoms with Gasteiger partial charge in [-0.2, -0.15) is 0 Å². The number of halogens is 3. The number of ether oxygens (including phenoxy) is 1. The molecule has 5 heteroatoms. The van der Waals surface area contributed by atoms with Crippen molar-refractivity contribution >= 4 is 5.69 Å². The molecule has 0 unspecified atom stereocenters. The van der Waals surface area contributed by atoms with Crippen molar-refractivity contribution in [3.63, 3.8) is 0 Å². The largest absolute Gasteiger partial charge is 0.573 e. The van der Waals surface area contributed by atoms with E-state index in [1.165, 1.54) is 28.9 Å². The molecule has 0 bridgehead atoms. The van der Waals surface area contributed by atoms with Crippen molar-refractivity contribution in [2.75, 3.05) is 18.5 Å². The fraction of sp³-hybridized carbons (Fsp3) is 0.304. The van der Waals surface area contributed by atoms with E-state index in [4.69, 9.17) is 0 Å². The normalized spacial score (nSPS) is 17.1. The van der Waals surface area contributed by atoms with Crippen LogP contribution in [0.4, 0.5) is 18.9 Å². The second-order valence-electron chi connectivity index (χ2n) is 7.56. The van der Waals surface area contributed by atoms with Gasteiger partial charge in [0.05, 0.1) is 0 Å². The number of hydrogen-bond acceptors (Lipinski definition) is 2. The van der Waals surface area contributed by atoms with Gasteiger partial charge >= 0.3 is 6.36 Å². The Morgan fingerprint density at radius 3 is 2.39 bits per heavy atom. The van der Waals surface area contributed by atoms with Gasteiger partial charge in [-0.3, -0.25) is 0 Å². The lowest BCUT2D eigenvalue weighted by atomic mass is 9.85. The molecule has 2 nitrogen and oxygen atoms in total. The molecule has 4 rings (SSSR count). The number of allylic oxidation sites excluding steroid dienone is 2. The summed E-state index contributed by atoms with van der Waals surface area (Å²) in [7, 11) is 2.06. The maximum Gasteiger partial charge on any atom is 0.573 e. The van der Waals surface area contributed by atoms with Crippen LogP contribution in [-0.2, 0) is 6.42 Å². The summed E-state index contributed by atoms with van der Waals surface area (Å²) in [5.41, 5.74) is 6.71. The van der Waals surface area contributed by atoms with Gasteiger partial charge in [0.2, 0.25) is 0 Å². The molecule has 0 amide bonds. The Hall–Kier alpha value is -2.69. The van der Waals surface area contributed by atoms with Gasteiger partial charge < -0.3 is 9.64 Å². The van der Waals surface area contributed by atoms with Crippen molar-refractivity contribution in [1.82, 2.24) is 0 Å². The third-order valence-corrected chi connectivity index (χ3v) is 5.43. The van der Waals surface area contributed by atoms with Gasteiger partial charge in [0, 0.05) is 19.3 Å². The molecule has 1 heterocycles. The van der Waals surface area contributed by atoms with E-state index in [1.54, 1.807) is 12.1 Å². The van der Waals surface area contributed by atoms with Gasteiger partial charge in [-0.15, -0.1) is 13.2 Å². The molecule has 2 aliphatic rings. The van der Waals surface area contributed by atoms with Gasteiger partial charge in [0.1, 0.15) is 5.75 Å². The van der Waals surface area contributed by atoms with Crippen LogP contribution < -0.4 is 9.64 Å². The van der Waals surface area contributed by atoms with Crippen molar-refractivity contribution in [2.45, 2.75) is 31.5 Å². The molecule has 0 aromatic heterocycles. The predicted molar refractivity (Wildman–Crippen MR) is 106 cm³/mol. The minimum absolute atomic E-state index is 0.206. The fourth-order valence-electron chi connectivity index (χ4n) is 4.15. The SMILES string of the molecule is C=C1Cc2c(-c3ccc(OC(F)(F)F)cc3)cc(C3CC=CC3)cc2N(C)C1. The molecule has 146 valence electrons. The van der Waals surface area contributed by atoms with E-state index < -0.39 is 6.36 Å². The summed E-state index contributed by atoms with van der Waals surface area (Å²) >= 11 is 0. The first kappa shape index (κ1) is 18.7. The molecule has 1 aliphatic carbocycles. The third kappa shape index (κ3) is 3.79. The lowest BCUT2D eigenvalue weighted by molar-refractivity contribution is -0.274. The minimum atomic E-state index is -4.68. The third-order valence-electron chi connectivity index (χ3n) is 5.43. The van der Waals surface area contributed by atoms with E-state index in [-0.39, 0.29) is 5.75 Å². The number of benzene rings is 2. The second-order valence-corrected chi connectivity index (χ2v) is 7.56. The smallest absolute Gasteiger partial charge is 0.406 e. The molecular weight excluding hydrogens is 363 g/mol. The Morgan fingerprint density at radius 1 is 1.07 bits per heavy atom. The molecule has 28 heavy (non-hydrogen) atoms. The van der Waals surface area contributed by atoms with E-state index in [2.05, 4.69) is 47.5 Å². The Labute approximate surface area is 162 Å². The molecule has 2 aromatic rings. The number of rotatable bonds is 3. The van der Waals surface area contributed by atoms with Gasteiger partial charge in [-0.05, 0) is 65.6 Å². The maximum absolute atomic E-state index is 12.5. The van der Waals surface area contributed by atoms with Gasteiger partial charge in [-0.1, -0.05) is 42.5 Å². The van der Waals surface area contributed by atoms with E-state index in [1.807, 2.05) is 0 Å². The highest BCUT2D eigenvalue weighted by Gasteiger charge is 2.31. The van der Waals surface area contributed by atoms with Crippen molar-refractivity contribution < 1.29 is 17.9 Å². The average Bonchev–Trinajstić information content (AvgIpc) is 3.15. The number of likely N-dealkylation sites (N-methyl/N-ethyl adjacent to an activating group) is 1. The van der Waals surface area contributed by atoms with E-state index in [9.17, 15) is 13.2 Å². The van der Waals surface area contributed by atoms with Crippen molar-refractivity contribution in [2.24, 2.45) is 0 Å². The number of hydrogen-bond donors (Lipinski definition) is 0. The lowest BCUT2D eigenvalue weighted by Gasteiger charge is -2.32. The number of fused-ring (bicyclic) bond motifs is 1. The Morgan fingerprint density at radius 2 is 1.75 bits per heavy atom. The van der Waals surface area contributed by atoms with Crippen LogP contribution in [0.1, 0.15) is 29.9 Å². The van der Waals surface area contributed by atoms with Crippen LogP contribution in [0.2, 0.25) is 0 Å². The van der Waals surface area contributed by atoms with Crippen LogP contribution in [0.3, 0.4) is 0 Å². The highest BCUT2D eigenvalue weighted by Crippen LogP contribution is 2.41. The van der Waals surface area contributed by atoms with Crippen molar-refractivity contribution in [1.29, 1.82) is 0 Å². The molecule has 0 fully saturated rings.